The molecule has 1 N–H and O–H groups in total. The second-order valence-electron chi connectivity index (χ2n) is 7.24. The molecule has 1 amide bonds. The van der Waals surface area contributed by atoms with Gasteiger partial charge in [0.05, 0.1) is 26.0 Å². The standard InChI is InChI=1S/C21H21F3N4O4/c1-30-16-6-5-12(8-17(16)31-2)14-9-18(21(22,23)24)28-19(26-14)10-15(27-28)20(29)25-11-13-4-3-7-32-13/h5-6,8-10,13H,3-4,7,11H2,1-2H3,(H,25,29). The maximum absolute atomic E-state index is 13.8. The van der Waals surface area contributed by atoms with Crippen LogP contribution in [0.15, 0.2) is 30.3 Å². The van der Waals surface area contributed by atoms with Gasteiger partial charge in [0, 0.05) is 24.8 Å². The van der Waals surface area contributed by atoms with Crippen molar-refractivity contribution in [1.29, 1.82) is 0 Å². The van der Waals surface area contributed by atoms with Gasteiger partial charge in [-0.2, -0.15) is 18.3 Å². The Kier molecular flexibility index (Phi) is 5.92. The van der Waals surface area contributed by atoms with E-state index in [0.717, 1.165) is 18.9 Å². The highest BCUT2D eigenvalue weighted by atomic mass is 19.4. The fourth-order valence-electron chi connectivity index (χ4n) is 3.53. The number of ether oxygens (including phenoxy) is 3. The number of alkyl halides is 3. The highest BCUT2D eigenvalue weighted by molar-refractivity contribution is 5.93. The van der Waals surface area contributed by atoms with Gasteiger partial charge in [0.1, 0.15) is 0 Å². The first-order valence-corrected chi connectivity index (χ1v) is 9.90. The van der Waals surface area contributed by atoms with E-state index in [1.165, 1.54) is 26.4 Å². The Labute approximate surface area is 181 Å². The van der Waals surface area contributed by atoms with Crippen molar-refractivity contribution >= 4 is 11.6 Å². The Hall–Kier alpha value is -3.34. The summed E-state index contributed by atoms with van der Waals surface area (Å²) in [5.74, 6) is 0.192. The Morgan fingerprint density at radius 2 is 2.00 bits per heavy atom. The average Bonchev–Trinajstić information content (AvgIpc) is 3.45. The molecule has 2 aromatic heterocycles. The molecule has 1 atom stereocenters. The van der Waals surface area contributed by atoms with Crippen LogP contribution in [0.1, 0.15) is 29.0 Å². The van der Waals surface area contributed by atoms with Gasteiger partial charge in [0.25, 0.3) is 5.91 Å². The van der Waals surface area contributed by atoms with Crippen LogP contribution in [0.2, 0.25) is 0 Å². The lowest BCUT2D eigenvalue weighted by Crippen LogP contribution is -2.32. The largest absolute Gasteiger partial charge is 0.493 e. The molecule has 0 aliphatic carbocycles. The van der Waals surface area contributed by atoms with E-state index < -0.39 is 17.8 Å². The van der Waals surface area contributed by atoms with Gasteiger partial charge in [-0.3, -0.25) is 4.79 Å². The average molecular weight is 450 g/mol. The summed E-state index contributed by atoms with van der Waals surface area (Å²) in [6.07, 6.45) is -3.09. The Morgan fingerprint density at radius 1 is 1.22 bits per heavy atom. The first-order valence-electron chi connectivity index (χ1n) is 9.90. The summed E-state index contributed by atoms with van der Waals surface area (Å²) in [6, 6.07) is 6.79. The van der Waals surface area contributed by atoms with Gasteiger partial charge in [-0.05, 0) is 37.1 Å². The van der Waals surface area contributed by atoms with Crippen molar-refractivity contribution in [2.75, 3.05) is 27.4 Å². The molecule has 0 spiro atoms. The zero-order valence-corrected chi connectivity index (χ0v) is 17.4. The van der Waals surface area contributed by atoms with Crippen molar-refractivity contribution in [1.82, 2.24) is 19.9 Å². The van der Waals surface area contributed by atoms with Crippen molar-refractivity contribution in [2.24, 2.45) is 0 Å². The molecule has 3 aromatic rings. The molecular weight excluding hydrogens is 429 g/mol. The highest BCUT2D eigenvalue weighted by Gasteiger charge is 2.36. The van der Waals surface area contributed by atoms with Crippen molar-refractivity contribution in [3.05, 3.63) is 41.7 Å². The molecule has 1 aliphatic heterocycles. The van der Waals surface area contributed by atoms with E-state index >= 15 is 0 Å². The molecule has 11 heteroatoms. The number of nitrogens with one attached hydrogen (secondary N) is 1. The van der Waals surface area contributed by atoms with Crippen LogP contribution >= 0.6 is 0 Å². The molecule has 1 aliphatic rings. The summed E-state index contributed by atoms with van der Waals surface area (Å²) >= 11 is 0. The zero-order chi connectivity index (χ0) is 22.9. The third-order valence-electron chi connectivity index (χ3n) is 5.14. The number of methoxy groups -OCH3 is 2. The number of hydrogen-bond donors (Lipinski definition) is 1. The first kappa shape index (κ1) is 21.9. The van der Waals surface area contributed by atoms with Crippen molar-refractivity contribution in [3.8, 4) is 22.8 Å². The predicted molar refractivity (Wildman–Crippen MR) is 108 cm³/mol. The maximum Gasteiger partial charge on any atom is 0.433 e. The number of carbonyl (C=O) groups excluding carboxylic acids is 1. The number of halogens is 3. The number of hydrogen-bond acceptors (Lipinski definition) is 6. The van der Waals surface area contributed by atoms with Crippen LogP contribution < -0.4 is 14.8 Å². The van der Waals surface area contributed by atoms with Gasteiger partial charge in [0.15, 0.2) is 28.5 Å². The van der Waals surface area contributed by atoms with E-state index in [-0.39, 0.29) is 29.7 Å². The van der Waals surface area contributed by atoms with Crippen LogP contribution in [-0.2, 0) is 10.9 Å². The van der Waals surface area contributed by atoms with Crippen LogP contribution in [0.3, 0.4) is 0 Å². The molecule has 8 nitrogen and oxygen atoms in total. The van der Waals surface area contributed by atoms with Crippen LogP contribution in [0.4, 0.5) is 13.2 Å². The number of fused-ring (bicyclic) bond motifs is 1. The third-order valence-corrected chi connectivity index (χ3v) is 5.14. The van der Waals surface area contributed by atoms with E-state index in [1.807, 2.05) is 0 Å². The summed E-state index contributed by atoms with van der Waals surface area (Å²) < 4.78 is 57.8. The smallest absolute Gasteiger partial charge is 0.433 e. The number of aromatic nitrogens is 3. The molecule has 1 fully saturated rings. The summed E-state index contributed by atoms with van der Waals surface area (Å²) in [5.41, 5.74) is -0.874. The lowest BCUT2D eigenvalue weighted by molar-refractivity contribution is -0.142. The van der Waals surface area contributed by atoms with Gasteiger partial charge >= 0.3 is 6.18 Å². The lowest BCUT2D eigenvalue weighted by atomic mass is 10.1. The minimum absolute atomic E-state index is 0.0528. The molecule has 32 heavy (non-hydrogen) atoms. The molecule has 3 heterocycles. The highest BCUT2D eigenvalue weighted by Crippen LogP contribution is 2.35. The minimum atomic E-state index is -4.72. The van der Waals surface area contributed by atoms with Crippen molar-refractivity contribution in [2.45, 2.75) is 25.1 Å². The number of benzene rings is 1. The number of amides is 1. The minimum Gasteiger partial charge on any atom is -0.493 e. The molecule has 0 radical (unpaired) electrons. The van der Waals surface area contributed by atoms with E-state index in [4.69, 9.17) is 14.2 Å². The van der Waals surface area contributed by atoms with Gasteiger partial charge in [0.2, 0.25) is 0 Å². The first-order chi connectivity index (χ1) is 15.3. The molecule has 4 rings (SSSR count). The molecular formula is C21H21F3N4O4. The summed E-state index contributed by atoms with van der Waals surface area (Å²) in [5, 5.41) is 6.51. The van der Waals surface area contributed by atoms with Gasteiger partial charge in [-0.25, -0.2) is 9.50 Å². The summed E-state index contributed by atoms with van der Waals surface area (Å²) in [4.78, 5) is 16.7. The molecule has 0 bridgehead atoms. The molecule has 1 unspecified atom stereocenters. The van der Waals surface area contributed by atoms with Crippen molar-refractivity contribution < 1.29 is 32.2 Å². The Balaban J connectivity index is 1.72. The summed E-state index contributed by atoms with van der Waals surface area (Å²) in [6.45, 7) is 0.899. The van der Waals surface area contributed by atoms with E-state index in [0.29, 0.717) is 28.2 Å². The second kappa shape index (κ2) is 8.65. The number of carbonyl (C=O) groups is 1. The maximum atomic E-state index is 13.8. The zero-order valence-electron chi connectivity index (χ0n) is 17.4. The van der Waals surface area contributed by atoms with Gasteiger partial charge in [-0.15, -0.1) is 0 Å². The fourth-order valence-corrected chi connectivity index (χ4v) is 3.53. The fraction of sp³-hybridized carbons (Fsp3) is 0.381. The van der Waals surface area contributed by atoms with Gasteiger partial charge < -0.3 is 19.5 Å². The van der Waals surface area contributed by atoms with E-state index in [1.54, 1.807) is 12.1 Å². The van der Waals surface area contributed by atoms with Crippen LogP contribution in [0, 0.1) is 0 Å². The Morgan fingerprint density at radius 3 is 2.66 bits per heavy atom. The van der Waals surface area contributed by atoms with E-state index in [2.05, 4.69) is 15.4 Å². The normalized spacial score (nSPS) is 16.3. The van der Waals surface area contributed by atoms with Crippen LogP contribution in [0.25, 0.3) is 16.9 Å². The monoisotopic (exact) mass is 450 g/mol. The van der Waals surface area contributed by atoms with Crippen molar-refractivity contribution in [3.63, 3.8) is 0 Å². The molecule has 1 aromatic carbocycles. The topological polar surface area (TPSA) is 87.0 Å². The number of rotatable bonds is 6. The predicted octanol–water partition coefficient (Wildman–Crippen LogP) is 3.34. The summed E-state index contributed by atoms with van der Waals surface area (Å²) in [7, 11) is 2.89. The van der Waals surface area contributed by atoms with Gasteiger partial charge in [-0.1, -0.05) is 0 Å². The van der Waals surface area contributed by atoms with E-state index in [9.17, 15) is 18.0 Å². The second-order valence-corrected chi connectivity index (χ2v) is 7.24. The quantitative estimate of drug-likeness (QED) is 0.620. The SMILES string of the molecule is COc1ccc(-c2cc(C(F)(F)F)n3nc(C(=O)NCC4CCCO4)cc3n2)cc1OC. The molecule has 0 saturated carbocycles. The molecule has 170 valence electrons. The van der Waals surface area contributed by atoms with Crippen LogP contribution in [0.5, 0.6) is 11.5 Å². The number of nitrogens with zero attached hydrogens (tertiary/aromatic N) is 3. The lowest BCUT2D eigenvalue weighted by Gasteiger charge is -2.12. The van der Waals surface area contributed by atoms with Crippen LogP contribution in [-0.4, -0.2) is 54.0 Å². The third kappa shape index (κ3) is 4.33. The Bertz CT molecular complexity index is 1140. The molecule has 1 saturated heterocycles.